The van der Waals surface area contributed by atoms with Gasteiger partial charge in [-0.2, -0.15) is 0 Å². The lowest BCUT2D eigenvalue weighted by Gasteiger charge is -2.38. The van der Waals surface area contributed by atoms with Crippen LogP contribution in [-0.4, -0.2) is 20.9 Å². The van der Waals surface area contributed by atoms with E-state index in [0.29, 0.717) is 12.0 Å². The van der Waals surface area contributed by atoms with Gasteiger partial charge in [-0.3, -0.25) is 0 Å². The molecule has 1 aromatic carbocycles. The number of allylic oxidation sites excluding steroid dienone is 2. The van der Waals surface area contributed by atoms with Crippen molar-refractivity contribution in [2.75, 3.05) is 0 Å². The number of phenolic OH excluding ortho intramolecular Hbond substituents is 2. The van der Waals surface area contributed by atoms with E-state index < -0.39 is 23.1 Å². The first-order valence-electron chi connectivity index (χ1n) is 9.29. The molecule has 25 heavy (non-hydrogen) atoms. The standard InChI is InChI=1S/C21H31FO3/c1-5-6-7-8-14-12-17(23)18(20(24)19(14)22)15-11-13(2)9-10-16(15)21(3,4)25/h11-12,15-16,23-25H,5-10H2,1-4H3. The van der Waals surface area contributed by atoms with Gasteiger partial charge in [0.2, 0.25) is 0 Å². The highest BCUT2D eigenvalue weighted by molar-refractivity contribution is 5.52. The maximum atomic E-state index is 14.7. The van der Waals surface area contributed by atoms with Crippen molar-refractivity contribution < 1.29 is 19.7 Å². The van der Waals surface area contributed by atoms with E-state index in [9.17, 15) is 19.7 Å². The predicted octanol–water partition coefficient (Wildman–Crippen LogP) is 5.18. The maximum Gasteiger partial charge on any atom is 0.168 e. The van der Waals surface area contributed by atoms with Crippen LogP contribution in [0, 0.1) is 11.7 Å². The van der Waals surface area contributed by atoms with E-state index in [1.165, 1.54) is 6.07 Å². The zero-order chi connectivity index (χ0) is 18.8. The lowest BCUT2D eigenvalue weighted by Crippen LogP contribution is -2.36. The van der Waals surface area contributed by atoms with E-state index >= 15 is 0 Å². The molecule has 1 aliphatic rings. The fourth-order valence-electron chi connectivity index (χ4n) is 3.92. The number of rotatable bonds is 6. The predicted molar refractivity (Wildman–Crippen MR) is 98.5 cm³/mol. The molecule has 0 fully saturated rings. The Morgan fingerprint density at radius 2 is 1.92 bits per heavy atom. The van der Waals surface area contributed by atoms with Gasteiger partial charge in [-0.15, -0.1) is 0 Å². The monoisotopic (exact) mass is 350 g/mol. The molecule has 2 atom stereocenters. The van der Waals surface area contributed by atoms with Crippen molar-refractivity contribution in [3.8, 4) is 11.5 Å². The zero-order valence-corrected chi connectivity index (χ0v) is 15.8. The molecule has 2 rings (SSSR count). The summed E-state index contributed by atoms with van der Waals surface area (Å²) in [5.41, 5.74) is 0.681. The van der Waals surface area contributed by atoms with Crippen molar-refractivity contribution in [2.45, 2.75) is 77.7 Å². The van der Waals surface area contributed by atoms with E-state index in [-0.39, 0.29) is 17.2 Å². The topological polar surface area (TPSA) is 60.7 Å². The summed E-state index contributed by atoms with van der Waals surface area (Å²) in [4.78, 5) is 0. The third-order valence-corrected chi connectivity index (χ3v) is 5.37. The first-order chi connectivity index (χ1) is 11.7. The van der Waals surface area contributed by atoms with Crippen LogP contribution in [0.5, 0.6) is 11.5 Å². The van der Waals surface area contributed by atoms with E-state index in [4.69, 9.17) is 0 Å². The summed E-state index contributed by atoms with van der Waals surface area (Å²) in [5, 5.41) is 31.6. The molecule has 0 amide bonds. The molecule has 0 heterocycles. The molecule has 0 bridgehead atoms. The van der Waals surface area contributed by atoms with Gasteiger partial charge in [0.25, 0.3) is 0 Å². The molecule has 0 radical (unpaired) electrons. The summed E-state index contributed by atoms with van der Waals surface area (Å²) in [6, 6.07) is 1.44. The second-order valence-electron chi connectivity index (χ2n) is 7.93. The van der Waals surface area contributed by atoms with Gasteiger partial charge in [0.1, 0.15) is 5.75 Å². The first kappa shape index (κ1) is 19.8. The van der Waals surface area contributed by atoms with Gasteiger partial charge in [0, 0.05) is 11.5 Å². The van der Waals surface area contributed by atoms with Crippen molar-refractivity contribution in [2.24, 2.45) is 5.92 Å². The van der Waals surface area contributed by atoms with Crippen LogP contribution in [0.1, 0.15) is 76.8 Å². The molecule has 0 saturated heterocycles. The molecule has 0 aromatic heterocycles. The van der Waals surface area contributed by atoms with Crippen molar-refractivity contribution in [3.63, 3.8) is 0 Å². The van der Waals surface area contributed by atoms with Gasteiger partial charge in [-0.25, -0.2) is 4.39 Å². The normalized spacial score (nSPS) is 21.3. The summed E-state index contributed by atoms with van der Waals surface area (Å²) < 4.78 is 14.7. The van der Waals surface area contributed by atoms with Crippen LogP contribution >= 0.6 is 0 Å². The van der Waals surface area contributed by atoms with E-state index in [1.54, 1.807) is 13.8 Å². The zero-order valence-electron chi connectivity index (χ0n) is 15.8. The molecule has 3 N–H and O–H groups in total. The van der Waals surface area contributed by atoms with Gasteiger partial charge in [0.05, 0.1) is 5.60 Å². The molecule has 1 aromatic rings. The Balaban J connectivity index is 2.46. The first-order valence-corrected chi connectivity index (χ1v) is 9.29. The van der Waals surface area contributed by atoms with Crippen LogP contribution in [-0.2, 0) is 6.42 Å². The minimum absolute atomic E-state index is 0.0874. The fraction of sp³-hybridized carbons (Fsp3) is 0.619. The molecule has 1 aliphatic carbocycles. The second kappa shape index (κ2) is 7.77. The van der Waals surface area contributed by atoms with E-state index in [2.05, 4.69) is 6.92 Å². The van der Waals surface area contributed by atoms with Crippen LogP contribution in [0.3, 0.4) is 0 Å². The smallest absolute Gasteiger partial charge is 0.168 e. The van der Waals surface area contributed by atoms with Gasteiger partial charge >= 0.3 is 0 Å². The molecule has 3 nitrogen and oxygen atoms in total. The Kier molecular flexibility index (Phi) is 6.15. The average Bonchev–Trinajstić information content (AvgIpc) is 2.51. The van der Waals surface area contributed by atoms with Crippen molar-refractivity contribution in [1.82, 2.24) is 0 Å². The number of unbranched alkanes of at least 4 members (excludes halogenated alkanes) is 2. The molecule has 0 saturated carbocycles. The molecule has 0 spiro atoms. The van der Waals surface area contributed by atoms with Gasteiger partial charge in [-0.05, 0) is 64.0 Å². The molecule has 0 aliphatic heterocycles. The van der Waals surface area contributed by atoms with Gasteiger partial charge < -0.3 is 15.3 Å². The molecule has 4 heteroatoms. The molecular weight excluding hydrogens is 319 g/mol. The highest BCUT2D eigenvalue weighted by Crippen LogP contribution is 2.48. The number of hydrogen-bond acceptors (Lipinski definition) is 3. The van der Waals surface area contributed by atoms with Crippen LogP contribution in [0.4, 0.5) is 4.39 Å². The Bertz CT molecular complexity index is 644. The third kappa shape index (κ3) is 4.35. The average molecular weight is 350 g/mol. The number of aliphatic hydroxyl groups is 1. The number of hydrogen-bond donors (Lipinski definition) is 3. The summed E-state index contributed by atoms with van der Waals surface area (Å²) in [7, 11) is 0. The SMILES string of the molecule is CCCCCc1cc(O)c(C2C=C(C)CCC2C(C)(C)O)c(O)c1F. The Morgan fingerprint density at radius 1 is 1.24 bits per heavy atom. The van der Waals surface area contributed by atoms with E-state index in [0.717, 1.165) is 37.7 Å². The number of aromatic hydroxyl groups is 2. The molecule has 2 unspecified atom stereocenters. The number of phenols is 2. The lowest BCUT2D eigenvalue weighted by atomic mass is 9.69. The maximum absolute atomic E-state index is 14.7. The Labute approximate surface area is 150 Å². The van der Waals surface area contributed by atoms with Crippen molar-refractivity contribution in [3.05, 3.63) is 34.7 Å². The highest BCUT2D eigenvalue weighted by Gasteiger charge is 2.38. The van der Waals surface area contributed by atoms with Crippen LogP contribution in [0.2, 0.25) is 0 Å². The fourth-order valence-corrected chi connectivity index (χ4v) is 3.92. The minimum Gasteiger partial charge on any atom is -0.507 e. The lowest BCUT2D eigenvalue weighted by molar-refractivity contribution is 0.00414. The van der Waals surface area contributed by atoms with Crippen LogP contribution < -0.4 is 0 Å². The van der Waals surface area contributed by atoms with Gasteiger partial charge in [0.15, 0.2) is 11.6 Å². The summed E-state index contributed by atoms with van der Waals surface area (Å²) in [5.74, 6) is -1.81. The Morgan fingerprint density at radius 3 is 2.52 bits per heavy atom. The third-order valence-electron chi connectivity index (χ3n) is 5.37. The Hall–Kier alpha value is -1.55. The second-order valence-corrected chi connectivity index (χ2v) is 7.93. The largest absolute Gasteiger partial charge is 0.507 e. The quantitative estimate of drug-likeness (QED) is 0.489. The van der Waals surface area contributed by atoms with Crippen LogP contribution in [0.15, 0.2) is 17.7 Å². The highest BCUT2D eigenvalue weighted by atomic mass is 19.1. The minimum atomic E-state index is -0.989. The van der Waals surface area contributed by atoms with Gasteiger partial charge in [-0.1, -0.05) is 31.4 Å². The number of halogens is 1. The summed E-state index contributed by atoms with van der Waals surface area (Å²) in [6.07, 6.45) is 6.84. The summed E-state index contributed by atoms with van der Waals surface area (Å²) in [6.45, 7) is 7.51. The van der Waals surface area contributed by atoms with Crippen molar-refractivity contribution in [1.29, 1.82) is 0 Å². The van der Waals surface area contributed by atoms with E-state index in [1.807, 2.05) is 13.0 Å². The van der Waals surface area contributed by atoms with Crippen LogP contribution in [0.25, 0.3) is 0 Å². The number of benzene rings is 1. The number of aryl methyl sites for hydroxylation is 1. The van der Waals surface area contributed by atoms with Crippen molar-refractivity contribution >= 4 is 0 Å². The molecule has 140 valence electrons. The summed E-state index contributed by atoms with van der Waals surface area (Å²) >= 11 is 0. The molecular formula is C21H31FO3.